The molecule has 19 heavy (non-hydrogen) atoms. The van der Waals surface area contributed by atoms with Gasteiger partial charge in [-0.2, -0.15) is 0 Å². The van der Waals surface area contributed by atoms with Crippen molar-refractivity contribution in [3.63, 3.8) is 0 Å². The molecule has 0 bridgehead atoms. The van der Waals surface area contributed by atoms with Crippen LogP contribution in [0.5, 0.6) is 0 Å². The van der Waals surface area contributed by atoms with E-state index in [0.717, 1.165) is 0 Å². The second kappa shape index (κ2) is 5.34. The van der Waals surface area contributed by atoms with E-state index in [1.54, 1.807) is 24.3 Å². The highest BCUT2D eigenvalue weighted by Crippen LogP contribution is 2.29. The van der Waals surface area contributed by atoms with Crippen LogP contribution in [0, 0.1) is 18.6 Å². The van der Waals surface area contributed by atoms with Gasteiger partial charge in [0.2, 0.25) is 0 Å². The number of hydrogen-bond acceptors (Lipinski definition) is 3. The molecule has 0 saturated heterocycles. The van der Waals surface area contributed by atoms with Gasteiger partial charge >= 0.3 is 0 Å². The fraction of sp³-hybridized carbons (Fsp3) is 0.143. The van der Waals surface area contributed by atoms with Crippen LogP contribution < -0.4 is 17.0 Å². The smallest absolute Gasteiger partial charge is 0.164 e. The first-order valence-corrected chi connectivity index (χ1v) is 5.81. The third kappa shape index (κ3) is 2.43. The number of nitrogens with one attached hydrogen (secondary N) is 1. The van der Waals surface area contributed by atoms with Crippen molar-refractivity contribution < 1.29 is 8.78 Å². The number of benzene rings is 2. The van der Waals surface area contributed by atoms with Gasteiger partial charge in [-0.05, 0) is 24.1 Å². The lowest BCUT2D eigenvalue weighted by molar-refractivity contribution is 0.479. The number of para-hydroxylation sites is 1. The lowest BCUT2D eigenvalue weighted by Gasteiger charge is -2.19. The third-order valence-electron chi connectivity index (χ3n) is 3.09. The molecule has 0 fully saturated rings. The minimum Gasteiger partial charge on any atom is -0.398 e. The van der Waals surface area contributed by atoms with Crippen molar-refractivity contribution in [2.45, 2.75) is 13.0 Å². The average molecular weight is 263 g/mol. The fourth-order valence-corrected chi connectivity index (χ4v) is 2.00. The standard InChI is InChI=1S/C14H15F2N3/c1-8-6-7-10(13(16)12(8)15)14(19-18)9-4-2-3-5-11(9)17/h2-7,14,19H,17-18H2,1H3. The summed E-state index contributed by atoms with van der Waals surface area (Å²) < 4.78 is 27.6. The number of aryl methyl sites for hydroxylation is 1. The predicted octanol–water partition coefficient (Wildman–Crippen LogP) is 2.41. The first kappa shape index (κ1) is 13.5. The predicted molar refractivity (Wildman–Crippen MR) is 71.1 cm³/mol. The van der Waals surface area contributed by atoms with Crippen molar-refractivity contribution in [2.24, 2.45) is 5.84 Å². The Balaban J connectivity index is 2.55. The van der Waals surface area contributed by atoms with Crippen molar-refractivity contribution in [1.82, 2.24) is 5.43 Å². The Morgan fingerprint density at radius 2 is 1.68 bits per heavy atom. The molecule has 5 heteroatoms. The molecule has 2 aromatic rings. The monoisotopic (exact) mass is 263 g/mol. The highest BCUT2D eigenvalue weighted by atomic mass is 19.2. The van der Waals surface area contributed by atoms with E-state index in [0.29, 0.717) is 11.3 Å². The quantitative estimate of drug-likeness (QED) is 0.452. The number of nitrogens with two attached hydrogens (primary N) is 2. The zero-order valence-corrected chi connectivity index (χ0v) is 10.5. The maximum Gasteiger partial charge on any atom is 0.164 e. The summed E-state index contributed by atoms with van der Waals surface area (Å²) in [5.41, 5.74) is 9.76. The van der Waals surface area contributed by atoms with Gasteiger partial charge in [0.25, 0.3) is 0 Å². The lowest BCUT2D eigenvalue weighted by atomic mass is 9.96. The number of nitrogen functional groups attached to an aromatic ring is 1. The topological polar surface area (TPSA) is 64.1 Å². The zero-order chi connectivity index (χ0) is 14.0. The SMILES string of the molecule is Cc1ccc(C(NN)c2ccccc2N)c(F)c1F. The van der Waals surface area contributed by atoms with Crippen LogP contribution >= 0.6 is 0 Å². The third-order valence-corrected chi connectivity index (χ3v) is 3.09. The summed E-state index contributed by atoms with van der Waals surface area (Å²) in [5, 5.41) is 0. The van der Waals surface area contributed by atoms with Crippen molar-refractivity contribution in [2.75, 3.05) is 5.73 Å². The summed E-state index contributed by atoms with van der Waals surface area (Å²) in [6.45, 7) is 1.50. The lowest BCUT2D eigenvalue weighted by Crippen LogP contribution is -2.30. The van der Waals surface area contributed by atoms with E-state index in [1.807, 2.05) is 0 Å². The van der Waals surface area contributed by atoms with Gasteiger partial charge in [0.1, 0.15) is 0 Å². The molecule has 2 rings (SSSR count). The Bertz CT molecular complexity index is 599. The van der Waals surface area contributed by atoms with E-state index in [1.165, 1.54) is 19.1 Å². The van der Waals surface area contributed by atoms with Gasteiger partial charge in [-0.25, -0.2) is 14.2 Å². The van der Waals surface area contributed by atoms with E-state index < -0.39 is 17.7 Å². The fourth-order valence-electron chi connectivity index (χ4n) is 2.00. The summed E-state index contributed by atoms with van der Waals surface area (Å²) in [6.07, 6.45) is 0. The van der Waals surface area contributed by atoms with E-state index in [-0.39, 0.29) is 11.1 Å². The van der Waals surface area contributed by atoms with Gasteiger partial charge < -0.3 is 5.73 Å². The molecule has 1 atom stereocenters. The van der Waals surface area contributed by atoms with E-state index in [2.05, 4.69) is 5.43 Å². The Morgan fingerprint density at radius 1 is 1.00 bits per heavy atom. The molecule has 2 aromatic carbocycles. The molecule has 0 aliphatic heterocycles. The van der Waals surface area contributed by atoms with Gasteiger partial charge in [-0.15, -0.1) is 0 Å². The number of hydrazine groups is 1. The summed E-state index contributed by atoms with van der Waals surface area (Å²) in [5.74, 6) is 3.69. The first-order valence-electron chi connectivity index (χ1n) is 5.81. The van der Waals surface area contributed by atoms with Crippen LogP contribution in [0.25, 0.3) is 0 Å². The Hall–Kier alpha value is -1.98. The van der Waals surface area contributed by atoms with Crippen LogP contribution in [-0.2, 0) is 0 Å². The molecule has 0 spiro atoms. The first-order chi connectivity index (χ1) is 9.06. The Labute approximate surface area is 110 Å². The molecule has 0 aromatic heterocycles. The highest BCUT2D eigenvalue weighted by Gasteiger charge is 2.21. The molecule has 0 amide bonds. The molecule has 100 valence electrons. The molecular weight excluding hydrogens is 248 g/mol. The van der Waals surface area contributed by atoms with Crippen molar-refractivity contribution in [1.29, 1.82) is 0 Å². The van der Waals surface area contributed by atoms with Gasteiger partial charge in [-0.3, -0.25) is 5.84 Å². The van der Waals surface area contributed by atoms with Crippen LogP contribution in [0.3, 0.4) is 0 Å². The summed E-state index contributed by atoms with van der Waals surface area (Å²) >= 11 is 0. The summed E-state index contributed by atoms with van der Waals surface area (Å²) in [4.78, 5) is 0. The molecule has 5 N–H and O–H groups in total. The summed E-state index contributed by atoms with van der Waals surface area (Å²) in [7, 11) is 0. The molecule has 0 aliphatic carbocycles. The number of halogens is 2. The second-order valence-electron chi connectivity index (χ2n) is 4.33. The van der Waals surface area contributed by atoms with Gasteiger partial charge in [0.15, 0.2) is 11.6 Å². The average Bonchev–Trinajstić information content (AvgIpc) is 2.41. The molecule has 0 radical (unpaired) electrons. The largest absolute Gasteiger partial charge is 0.398 e. The minimum atomic E-state index is -0.911. The molecule has 0 saturated carbocycles. The van der Waals surface area contributed by atoms with Crippen molar-refractivity contribution >= 4 is 5.69 Å². The number of rotatable bonds is 3. The Kier molecular flexibility index (Phi) is 3.78. The number of hydrogen-bond donors (Lipinski definition) is 3. The number of anilines is 1. The summed E-state index contributed by atoms with van der Waals surface area (Å²) in [6, 6.07) is 9.24. The maximum atomic E-state index is 14.0. The molecule has 0 aliphatic rings. The van der Waals surface area contributed by atoms with Crippen molar-refractivity contribution in [3.05, 3.63) is 64.7 Å². The molecular formula is C14H15F2N3. The molecule has 0 heterocycles. The van der Waals surface area contributed by atoms with E-state index in [9.17, 15) is 8.78 Å². The van der Waals surface area contributed by atoms with Gasteiger partial charge in [0.05, 0.1) is 6.04 Å². The van der Waals surface area contributed by atoms with E-state index in [4.69, 9.17) is 11.6 Å². The van der Waals surface area contributed by atoms with Gasteiger partial charge in [-0.1, -0.05) is 30.3 Å². The molecule has 3 nitrogen and oxygen atoms in total. The van der Waals surface area contributed by atoms with E-state index >= 15 is 0 Å². The Morgan fingerprint density at radius 3 is 2.32 bits per heavy atom. The van der Waals surface area contributed by atoms with Crippen LogP contribution in [0.4, 0.5) is 14.5 Å². The zero-order valence-electron chi connectivity index (χ0n) is 10.5. The normalized spacial score (nSPS) is 12.4. The maximum absolute atomic E-state index is 14.0. The molecule has 1 unspecified atom stereocenters. The second-order valence-corrected chi connectivity index (χ2v) is 4.33. The van der Waals surface area contributed by atoms with Crippen LogP contribution in [-0.4, -0.2) is 0 Å². The van der Waals surface area contributed by atoms with Crippen LogP contribution in [0.1, 0.15) is 22.7 Å². The highest BCUT2D eigenvalue weighted by molar-refractivity contribution is 5.51. The minimum absolute atomic E-state index is 0.128. The van der Waals surface area contributed by atoms with Gasteiger partial charge in [0, 0.05) is 11.3 Å². The van der Waals surface area contributed by atoms with Crippen LogP contribution in [0.15, 0.2) is 36.4 Å². The van der Waals surface area contributed by atoms with Crippen molar-refractivity contribution in [3.8, 4) is 0 Å². The van der Waals surface area contributed by atoms with Crippen LogP contribution in [0.2, 0.25) is 0 Å².